The molecule has 0 bridgehead atoms. The Morgan fingerprint density at radius 1 is 1.16 bits per heavy atom. The van der Waals surface area contributed by atoms with Crippen LogP contribution in [-0.2, 0) is 4.79 Å². The van der Waals surface area contributed by atoms with Crippen LogP contribution in [0, 0.1) is 0 Å². The van der Waals surface area contributed by atoms with Crippen LogP contribution in [0.2, 0.25) is 10.0 Å². The highest BCUT2D eigenvalue weighted by molar-refractivity contribution is 6.42. The third kappa shape index (κ3) is 5.36. The Kier molecular flexibility index (Phi) is 7.12. The van der Waals surface area contributed by atoms with Crippen LogP contribution in [0.25, 0.3) is 0 Å². The van der Waals surface area contributed by atoms with Crippen LogP contribution in [0.4, 0.5) is 0 Å². The molecule has 6 heteroatoms. The van der Waals surface area contributed by atoms with E-state index in [1.54, 1.807) is 19.2 Å². The number of amides is 1. The summed E-state index contributed by atoms with van der Waals surface area (Å²) in [6, 6.07) is 13.2. The molecule has 0 heterocycles. The van der Waals surface area contributed by atoms with Gasteiger partial charge in [-0.3, -0.25) is 4.79 Å². The molecule has 0 radical (unpaired) electrons. The lowest BCUT2D eigenvalue weighted by Gasteiger charge is -2.17. The predicted molar refractivity (Wildman–Crippen MR) is 101 cm³/mol. The Balaban J connectivity index is 1.90. The zero-order chi connectivity index (χ0) is 18.4. The number of carbonyl (C=O) groups is 1. The maximum absolute atomic E-state index is 12.2. The minimum Gasteiger partial charge on any atom is -0.496 e. The fourth-order valence-electron chi connectivity index (χ4n) is 2.62. The van der Waals surface area contributed by atoms with Crippen molar-refractivity contribution in [3.8, 4) is 5.75 Å². The van der Waals surface area contributed by atoms with Crippen LogP contribution in [0.1, 0.15) is 37.1 Å². The molecule has 3 N–H and O–H groups in total. The van der Waals surface area contributed by atoms with Crippen molar-refractivity contribution in [3.05, 3.63) is 63.6 Å². The third-order valence-corrected chi connectivity index (χ3v) is 4.85. The van der Waals surface area contributed by atoms with Crippen LogP contribution in [-0.4, -0.2) is 19.6 Å². The average Bonchev–Trinajstić information content (AvgIpc) is 2.61. The summed E-state index contributed by atoms with van der Waals surface area (Å²) in [6.45, 7) is 4.29. The second-order valence-electron chi connectivity index (χ2n) is 5.93. The van der Waals surface area contributed by atoms with Crippen molar-refractivity contribution in [1.82, 2.24) is 5.32 Å². The van der Waals surface area contributed by atoms with Crippen molar-refractivity contribution < 1.29 is 14.8 Å². The molecule has 1 amide bonds. The minimum absolute atomic E-state index is 0.0414. The summed E-state index contributed by atoms with van der Waals surface area (Å²) in [5.41, 5.74) is 1.98. The Bertz CT molecular complexity index is 737. The summed E-state index contributed by atoms with van der Waals surface area (Å²) < 4.78 is 5.37. The van der Waals surface area contributed by atoms with E-state index in [1.165, 1.54) is 0 Å². The van der Waals surface area contributed by atoms with Gasteiger partial charge in [0.1, 0.15) is 11.8 Å². The SMILES string of the molecule is COc1ccccc1[C@@H](C)[NH2+]CC(=O)N[C@H](C)c1ccc(Cl)c(Cl)c1. The summed E-state index contributed by atoms with van der Waals surface area (Å²) in [5.74, 6) is 0.788. The van der Waals surface area contributed by atoms with Crippen LogP contribution < -0.4 is 15.4 Å². The van der Waals surface area contributed by atoms with Crippen LogP contribution in [0.3, 0.4) is 0 Å². The molecule has 0 aliphatic heterocycles. The topological polar surface area (TPSA) is 54.9 Å². The van der Waals surface area contributed by atoms with E-state index in [4.69, 9.17) is 27.9 Å². The van der Waals surface area contributed by atoms with Crippen molar-refractivity contribution in [3.63, 3.8) is 0 Å². The van der Waals surface area contributed by atoms with Crippen molar-refractivity contribution in [2.45, 2.75) is 25.9 Å². The number of nitrogens with two attached hydrogens (primary N) is 1. The monoisotopic (exact) mass is 381 g/mol. The number of hydrogen-bond donors (Lipinski definition) is 2. The van der Waals surface area contributed by atoms with E-state index in [0.717, 1.165) is 16.9 Å². The normalized spacial score (nSPS) is 13.2. The van der Waals surface area contributed by atoms with Crippen molar-refractivity contribution in [1.29, 1.82) is 0 Å². The number of hydrogen-bond acceptors (Lipinski definition) is 2. The Hall–Kier alpha value is -1.75. The van der Waals surface area contributed by atoms with Crippen molar-refractivity contribution in [2.75, 3.05) is 13.7 Å². The standard InChI is InChI=1S/C19H22Cl2N2O2/c1-12(14-8-9-16(20)17(21)10-14)23-19(24)11-22-13(2)15-6-4-5-7-18(15)25-3/h4-10,12-13,22H,11H2,1-3H3,(H,23,24)/p+1/t12-,13-/m1/s1. The number of quaternary nitrogens is 1. The lowest BCUT2D eigenvalue weighted by atomic mass is 10.1. The number of para-hydroxylation sites is 1. The van der Waals surface area contributed by atoms with E-state index in [2.05, 4.69) is 5.32 Å². The van der Waals surface area contributed by atoms with Gasteiger partial charge in [0.2, 0.25) is 0 Å². The van der Waals surface area contributed by atoms with Crippen LogP contribution in [0.5, 0.6) is 5.75 Å². The quantitative estimate of drug-likeness (QED) is 0.770. The van der Waals surface area contributed by atoms with Crippen LogP contribution in [0.15, 0.2) is 42.5 Å². The molecular formula is C19H23Cl2N2O2+. The van der Waals surface area contributed by atoms with E-state index in [-0.39, 0.29) is 18.0 Å². The summed E-state index contributed by atoms with van der Waals surface area (Å²) >= 11 is 12.0. The molecule has 0 fully saturated rings. The van der Waals surface area contributed by atoms with Gasteiger partial charge in [0.15, 0.2) is 6.54 Å². The number of benzene rings is 2. The van der Waals surface area contributed by atoms with E-state index < -0.39 is 0 Å². The molecule has 2 aromatic rings. The lowest BCUT2D eigenvalue weighted by Crippen LogP contribution is -2.87. The largest absolute Gasteiger partial charge is 0.496 e. The van der Waals surface area contributed by atoms with Gasteiger partial charge in [-0.15, -0.1) is 0 Å². The second-order valence-corrected chi connectivity index (χ2v) is 6.75. The molecule has 2 rings (SSSR count). The van der Waals surface area contributed by atoms with Crippen molar-refractivity contribution >= 4 is 29.1 Å². The molecule has 0 saturated carbocycles. The summed E-state index contributed by atoms with van der Waals surface area (Å²) in [7, 11) is 1.65. The molecule has 25 heavy (non-hydrogen) atoms. The molecule has 0 unspecified atom stereocenters. The first-order chi connectivity index (χ1) is 11.9. The van der Waals surface area contributed by atoms with Gasteiger partial charge in [0.25, 0.3) is 5.91 Å². The average molecular weight is 382 g/mol. The Morgan fingerprint density at radius 2 is 1.88 bits per heavy atom. The van der Waals surface area contributed by atoms with E-state index >= 15 is 0 Å². The number of nitrogens with one attached hydrogen (secondary N) is 1. The Labute approximate surface area is 158 Å². The van der Waals surface area contributed by atoms with Gasteiger partial charge >= 0.3 is 0 Å². The molecule has 0 aliphatic carbocycles. The van der Waals surface area contributed by atoms with Gasteiger partial charge in [0.05, 0.1) is 28.8 Å². The minimum atomic E-state index is -0.141. The summed E-state index contributed by atoms with van der Waals surface area (Å²) in [5, 5.41) is 5.94. The molecule has 4 nitrogen and oxygen atoms in total. The lowest BCUT2D eigenvalue weighted by molar-refractivity contribution is -0.682. The first-order valence-corrected chi connectivity index (χ1v) is 8.88. The van der Waals surface area contributed by atoms with Crippen LogP contribution >= 0.6 is 23.2 Å². The molecular weight excluding hydrogens is 359 g/mol. The number of halogens is 2. The fraction of sp³-hybridized carbons (Fsp3) is 0.316. The first-order valence-electron chi connectivity index (χ1n) is 8.13. The van der Waals surface area contributed by atoms with E-state index in [1.807, 2.05) is 49.5 Å². The molecule has 0 aromatic heterocycles. The zero-order valence-corrected chi connectivity index (χ0v) is 16.1. The second kappa shape index (κ2) is 9.09. The van der Waals surface area contributed by atoms with Gasteiger partial charge in [0, 0.05) is 0 Å². The van der Waals surface area contributed by atoms with Gasteiger partial charge in [-0.1, -0.05) is 41.4 Å². The molecule has 0 saturated heterocycles. The highest BCUT2D eigenvalue weighted by Crippen LogP contribution is 2.25. The maximum atomic E-state index is 12.2. The number of methoxy groups -OCH3 is 1. The number of ether oxygens (including phenoxy) is 1. The first kappa shape index (κ1) is 19.6. The van der Waals surface area contributed by atoms with Crippen molar-refractivity contribution in [2.24, 2.45) is 0 Å². The summed E-state index contributed by atoms with van der Waals surface area (Å²) in [6.07, 6.45) is 0. The molecule has 2 atom stereocenters. The fourth-order valence-corrected chi connectivity index (χ4v) is 2.93. The summed E-state index contributed by atoms with van der Waals surface area (Å²) in [4.78, 5) is 12.2. The predicted octanol–water partition coefficient (Wildman–Crippen LogP) is 3.50. The van der Waals surface area contributed by atoms with E-state index in [0.29, 0.717) is 16.6 Å². The Morgan fingerprint density at radius 3 is 2.56 bits per heavy atom. The van der Waals surface area contributed by atoms with Gasteiger partial charge < -0.3 is 15.4 Å². The number of carbonyl (C=O) groups excluding carboxylic acids is 1. The van der Waals surface area contributed by atoms with Gasteiger partial charge in [-0.05, 0) is 43.7 Å². The smallest absolute Gasteiger partial charge is 0.275 e. The third-order valence-electron chi connectivity index (χ3n) is 4.11. The maximum Gasteiger partial charge on any atom is 0.275 e. The molecule has 0 aliphatic rings. The molecule has 134 valence electrons. The molecule has 0 spiro atoms. The van der Waals surface area contributed by atoms with E-state index in [9.17, 15) is 4.79 Å². The van der Waals surface area contributed by atoms with Gasteiger partial charge in [-0.2, -0.15) is 0 Å². The number of rotatable bonds is 7. The highest BCUT2D eigenvalue weighted by atomic mass is 35.5. The highest BCUT2D eigenvalue weighted by Gasteiger charge is 2.17. The molecule has 2 aromatic carbocycles. The zero-order valence-electron chi connectivity index (χ0n) is 14.6. The van der Waals surface area contributed by atoms with Gasteiger partial charge in [-0.25, -0.2) is 0 Å².